The molecule has 0 aliphatic rings. The number of allylic oxidation sites excluding steroid dienone is 1. The standard InChI is InChI=1S/C12H16O/c1-2-3-4-8-11-13-12-9-6-5-7-10-12/h3-7,9-10H,2,8,11H2,1H3/b4-3+. The van der Waals surface area contributed by atoms with E-state index >= 15 is 0 Å². The van der Waals surface area contributed by atoms with Gasteiger partial charge in [0.2, 0.25) is 0 Å². The van der Waals surface area contributed by atoms with Crippen LogP contribution in [0, 0.1) is 0 Å². The minimum absolute atomic E-state index is 0.764. The maximum Gasteiger partial charge on any atom is 0.119 e. The zero-order valence-electron chi connectivity index (χ0n) is 8.07. The van der Waals surface area contributed by atoms with Gasteiger partial charge in [0.15, 0.2) is 0 Å². The second-order valence-electron chi connectivity index (χ2n) is 2.83. The second-order valence-corrected chi connectivity index (χ2v) is 2.83. The summed E-state index contributed by atoms with van der Waals surface area (Å²) >= 11 is 0. The van der Waals surface area contributed by atoms with Crippen molar-refractivity contribution in [3.63, 3.8) is 0 Å². The van der Waals surface area contributed by atoms with Gasteiger partial charge in [-0.3, -0.25) is 0 Å². The summed E-state index contributed by atoms with van der Waals surface area (Å²) in [6.45, 7) is 2.90. The first-order valence-electron chi connectivity index (χ1n) is 4.76. The van der Waals surface area contributed by atoms with Crippen LogP contribution in [0.5, 0.6) is 5.75 Å². The third-order valence-electron chi connectivity index (χ3n) is 1.70. The number of hydrogen-bond acceptors (Lipinski definition) is 1. The van der Waals surface area contributed by atoms with Gasteiger partial charge in [-0.1, -0.05) is 37.3 Å². The van der Waals surface area contributed by atoms with Gasteiger partial charge in [-0.15, -0.1) is 0 Å². The molecule has 70 valence electrons. The first-order valence-corrected chi connectivity index (χ1v) is 4.76. The molecule has 13 heavy (non-hydrogen) atoms. The Bertz CT molecular complexity index is 239. The Kier molecular flexibility index (Phi) is 4.77. The van der Waals surface area contributed by atoms with Crippen molar-refractivity contribution in [3.8, 4) is 5.75 Å². The molecule has 0 aliphatic carbocycles. The molecule has 1 nitrogen and oxygen atoms in total. The molecule has 0 unspecified atom stereocenters. The summed E-state index contributed by atoms with van der Waals surface area (Å²) in [5.41, 5.74) is 0. The SMILES string of the molecule is CC/C=C/CCOc1ccccc1. The quantitative estimate of drug-likeness (QED) is 0.493. The second kappa shape index (κ2) is 6.30. The predicted molar refractivity (Wildman–Crippen MR) is 56.0 cm³/mol. The molecule has 0 spiro atoms. The Labute approximate surface area is 80.0 Å². The van der Waals surface area contributed by atoms with Gasteiger partial charge in [0.1, 0.15) is 5.75 Å². The lowest BCUT2D eigenvalue weighted by atomic mass is 10.3. The van der Waals surface area contributed by atoms with E-state index in [2.05, 4.69) is 19.1 Å². The van der Waals surface area contributed by atoms with Crippen LogP contribution >= 0.6 is 0 Å². The van der Waals surface area contributed by atoms with Gasteiger partial charge in [-0.2, -0.15) is 0 Å². The number of benzene rings is 1. The molecule has 1 aromatic carbocycles. The fourth-order valence-electron chi connectivity index (χ4n) is 1.05. The molecule has 0 bridgehead atoms. The van der Waals surface area contributed by atoms with Gasteiger partial charge in [0.05, 0.1) is 6.61 Å². The number of hydrogen-bond donors (Lipinski definition) is 0. The van der Waals surface area contributed by atoms with E-state index in [1.807, 2.05) is 30.3 Å². The summed E-state index contributed by atoms with van der Waals surface area (Å²) in [4.78, 5) is 0. The van der Waals surface area contributed by atoms with Crippen LogP contribution in [-0.4, -0.2) is 6.61 Å². The molecular formula is C12H16O. The Hall–Kier alpha value is -1.24. The topological polar surface area (TPSA) is 9.23 Å². The molecule has 0 N–H and O–H groups in total. The average molecular weight is 176 g/mol. The van der Waals surface area contributed by atoms with Gasteiger partial charge < -0.3 is 4.74 Å². The lowest BCUT2D eigenvalue weighted by Gasteiger charge is -2.02. The van der Waals surface area contributed by atoms with Crippen LogP contribution in [0.25, 0.3) is 0 Å². The van der Waals surface area contributed by atoms with Gasteiger partial charge in [0.25, 0.3) is 0 Å². The van der Waals surface area contributed by atoms with Crippen LogP contribution in [0.3, 0.4) is 0 Å². The Balaban J connectivity index is 2.17. The highest BCUT2D eigenvalue weighted by Crippen LogP contribution is 2.08. The molecule has 0 radical (unpaired) electrons. The van der Waals surface area contributed by atoms with Crippen LogP contribution in [0.2, 0.25) is 0 Å². The van der Waals surface area contributed by atoms with E-state index in [9.17, 15) is 0 Å². The van der Waals surface area contributed by atoms with Crippen LogP contribution in [0.1, 0.15) is 19.8 Å². The van der Waals surface area contributed by atoms with Crippen molar-refractivity contribution >= 4 is 0 Å². The van der Waals surface area contributed by atoms with Crippen LogP contribution in [-0.2, 0) is 0 Å². The normalized spacial score (nSPS) is 10.5. The largest absolute Gasteiger partial charge is 0.493 e. The van der Waals surface area contributed by atoms with E-state index in [-0.39, 0.29) is 0 Å². The summed E-state index contributed by atoms with van der Waals surface area (Å²) in [5.74, 6) is 0.951. The van der Waals surface area contributed by atoms with Crippen molar-refractivity contribution in [1.82, 2.24) is 0 Å². The lowest BCUT2D eigenvalue weighted by Crippen LogP contribution is -1.94. The number of rotatable bonds is 5. The fraction of sp³-hybridized carbons (Fsp3) is 0.333. The van der Waals surface area contributed by atoms with Gasteiger partial charge in [0, 0.05) is 0 Å². The Morgan fingerprint density at radius 2 is 1.92 bits per heavy atom. The molecule has 0 amide bonds. The average Bonchev–Trinajstić information content (AvgIpc) is 2.19. The maximum atomic E-state index is 5.50. The zero-order valence-corrected chi connectivity index (χ0v) is 8.07. The van der Waals surface area contributed by atoms with Crippen molar-refractivity contribution in [2.75, 3.05) is 6.61 Å². The van der Waals surface area contributed by atoms with Crippen molar-refractivity contribution in [2.45, 2.75) is 19.8 Å². The zero-order chi connectivity index (χ0) is 9.36. The monoisotopic (exact) mass is 176 g/mol. The highest BCUT2D eigenvalue weighted by atomic mass is 16.5. The number of ether oxygens (including phenoxy) is 1. The smallest absolute Gasteiger partial charge is 0.119 e. The van der Waals surface area contributed by atoms with Gasteiger partial charge in [-0.05, 0) is 25.0 Å². The van der Waals surface area contributed by atoms with Crippen molar-refractivity contribution < 1.29 is 4.74 Å². The molecule has 0 heterocycles. The minimum atomic E-state index is 0.764. The lowest BCUT2D eigenvalue weighted by molar-refractivity contribution is 0.325. The summed E-state index contributed by atoms with van der Waals surface area (Å²) in [7, 11) is 0. The highest BCUT2D eigenvalue weighted by molar-refractivity contribution is 5.20. The molecule has 0 saturated carbocycles. The summed E-state index contributed by atoms with van der Waals surface area (Å²) in [6, 6.07) is 9.91. The van der Waals surface area contributed by atoms with E-state index in [0.717, 1.165) is 25.2 Å². The molecule has 1 heteroatoms. The number of para-hydroxylation sites is 1. The molecule has 1 aromatic rings. The first-order chi connectivity index (χ1) is 6.43. The fourth-order valence-corrected chi connectivity index (χ4v) is 1.05. The summed E-state index contributed by atoms with van der Waals surface area (Å²) in [5, 5.41) is 0. The third kappa shape index (κ3) is 4.36. The van der Waals surface area contributed by atoms with Gasteiger partial charge >= 0.3 is 0 Å². The van der Waals surface area contributed by atoms with Crippen LogP contribution in [0.4, 0.5) is 0 Å². The minimum Gasteiger partial charge on any atom is -0.493 e. The van der Waals surface area contributed by atoms with E-state index in [0.29, 0.717) is 0 Å². The molecule has 1 rings (SSSR count). The van der Waals surface area contributed by atoms with Crippen molar-refractivity contribution in [1.29, 1.82) is 0 Å². The van der Waals surface area contributed by atoms with Crippen molar-refractivity contribution in [2.24, 2.45) is 0 Å². The van der Waals surface area contributed by atoms with E-state index in [1.165, 1.54) is 0 Å². The maximum absolute atomic E-state index is 5.50. The van der Waals surface area contributed by atoms with Gasteiger partial charge in [-0.25, -0.2) is 0 Å². The molecule has 0 atom stereocenters. The molecule has 0 aliphatic heterocycles. The van der Waals surface area contributed by atoms with Crippen LogP contribution in [0.15, 0.2) is 42.5 Å². The molecule has 0 aromatic heterocycles. The first kappa shape index (κ1) is 9.85. The third-order valence-corrected chi connectivity index (χ3v) is 1.70. The van der Waals surface area contributed by atoms with Crippen LogP contribution < -0.4 is 4.74 Å². The van der Waals surface area contributed by atoms with E-state index in [1.54, 1.807) is 0 Å². The van der Waals surface area contributed by atoms with Crippen molar-refractivity contribution in [3.05, 3.63) is 42.5 Å². The van der Waals surface area contributed by atoms with E-state index in [4.69, 9.17) is 4.74 Å². The van der Waals surface area contributed by atoms with E-state index < -0.39 is 0 Å². The molecule has 0 saturated heterocycles. The molecular weight excluding hydrogens is 160 g/mol. The summed E-state index contributed by atoms with van der Waals surface area (Å²) in [6.07, 6.45) is 6.41. The molecule has 0 fully saturated rings. The Morgan fingerprint density at radius 1 is 1.15 bits per heavy atom. The highest BCUT2D eigenvalue weighted by Gasteiger charge is 1.87. The Morgan fingerprint density at radius 3 is 2.62 bits per heavy atom. The predicted octanol–water partition coefficient (Wildman–Crippen LogP) is 3.42. The summed E-state index contributed by atoms with van der Waals surface area (Å²) < 4.78 is 5.50.